The number of nitrogens with two attached hydrogens (primary N) is 1. The maximum atomic E-state index is 5.98. The van der Waals surface area contributed by atoms with Crippen molar-refractivity contribution in [1.82, 2.24) is 9.78 Å². The average Bonchev–Trinajstić information content (AvgIpc) is 2.77. The Morgan fingerprint density at radius 1 is 1.50 bits per heavy atom. The predicted octanol–water partition coefficient (Wildman–Crippen LogP) is 3.16. The fourth-order valence-electron chi connectivity index (χ4n) is 3.33. The minimum absolute atomic E-state index is 0.442. The van der Waals surface area contributed by atoms with Gasteiger partial charge in [-0.3, -0.25) is 4.68 Å². The van der Waals surface area contributed by atoms with Gasteiger partial charge in [-0.15, -0.1) is 0 Å². The SMILES string of the molecule is CCCn1nccc1C1CC(C)(C)CCC1CN. The monoisotopic (exact) mass is 249 g/mol. The maximum absolute atomic E-state index is 5.98. The molecule has 3 heteroatoms. The standard InChI is InChI=1S/C15H27N3/c1-4-9-18-14(6-8-17-18)13-10-15(2,3)7-5-12(13)11-16/h6,8,12-13H,4-5,7,9-11,16H2,1-3H3. The quantitative estimate of drug-likeness (QED) is 0.890. The lowest BCUT2D eigenvalue weighted by Gasteiger charge is -2.40. The molecule has 0 radical (unpaired) electrons. The van der Waals surface area contributed by atoms with Crippen LogP contribution in [-0.4, -0.2) is 16.3 Å². The summed E-state index contributed by atoms with van der Waals surface area (Å²) < 4.78 is 2.19. The van der Waals surface area contributed by atoms with Crippen molar-refractivity contribution >= 4 is 0 Å². The van der Waals surface area contributed by atoms with E-state index in [1.807, 2.05) is 6.20 Å². The van der Waals surface area contributed by atoms with Gasteiger partial charge < -0.3 is 5.73 Å². The third-order valence-corrected chi connectivity index (χ3v) is 4.40. The summed E-state index contributed by atoms with van der Waals surface area (Å²) in [7, 11) is 0. The summed E-state index contributed by atoms with van der Waals surface area (Å²) in [6.07, 6.45) is 6.88. The Morgan fingerprint density at radius 3 is 2.94 bits per heavy atom. The van der Waals surface area contributed by atoms with Crippen LogP contribution in [0.1, 0.15) is 58.1 Å². The minimum Gasteiger partial charge on any atom is -0.330 e. The molecule has 2 atom stereocenters. The third kappa shape index (κ3) is 2.77. The molecule has 2 N–H and O–H groups in total. The van der Waals surface area contributed by atoms with E-state index in [0.29, 0.717) is 17.3 Å². The lowest BCUT2D eigenvalue weighted by Crippen LogP contribution is -2.33. The molecule has 1 aliphatic rings. The van der Waals surface area contributed by atoms with E-state index in [0.717, 1.165) is 19.5 Å². The van der Waals surface area contributed by atoms with Gasteiger partial charge in [-0.05, 0) is 49.6 Å². The van der Waals surface area contributed by atoms with Crippen LogP contribution in [0.4, 0.5) is 0 Å². The second-order valence-corrected chi connectivity index (χ2v) is 6.49. The van der Waals surface area contributed by atoms with Crippen molar-refractivity contribution in [3.63, 3.8) is 0 Å². The molecule has 102 valence electrons. The van der Waals surface area contributed by atoms with Crippen molar-refractivity contribution in [2.75, 3.05) is 6.54 Å². The highest BCUT2D eigenvalue weighted by Gasteiger charge is 2.36. The molecular formula is C15H27N3. The summed E-state index contributed by atoms with van der Waals surface area (Å²) in [5.74, 6) is 1.22. The Kier molecular flexibility index (Phi) is 4.10. The summed E-state index contributed by atoms with van der Waals surface area (Å²) in [4.78, 5) is 0. The molecule has 0 bridgehead atoms. The van der Waals surface area contributed by atoms with E-state index in [4.69, 9.17) is 5.73 Å². The van der Waals surface area contributed by atoms with Gasteiger partial charge in [-0.2, -0.15) is 5.10 Å². The highest BCUT2D eigenvalue weighted by atomic mass is 15.3. The number of hydrogen-bond acceptors (Lipinski definition) is 2. The lowest BCUT2D eigenvalue weighted by atomic mass is 9.66. The molecule has 0 aliphatic heterocycles. The Labute approximate surface area is 111 Å². The molecule has 1 saturated carbocycles. The van der Waals surface area contributed by atoms with Crippen LogP contribution >= 0.6 is 0 Å². The minimum atomic E-state index is 0.442. The molecule has 1 aromatic heterocycles. The van der Waals surface area contributed by atoms with Crippen LogP contribution < -0.4 is 5.73 Å². The van der Waals surface area contributed by atoms with E-state index < -0.39 is 0 Å². The maximum Gasteiger partial charge on any atom is 0.0492 e. The summed E-state index contributed by atoms with van der Waals surface area (Å²) >= 11 is 0. The molecule has 0 saturated heterocycles. The zero-order valence-electron chi connectivity index (χ0n) is 12.0. The van der Waals surface area contributed by atoms with E-state index in [-0.39, 0.29) is 0 Å². The Bertz CT molecular complexity index is 381. The first-order chi connectivity index (χ1) is 8.57. The van der Waals surface area contributed by atoms with Gasteiger partial charge in [-0.1, -0.05) is 20.8 Å². The van der Waals surface area contributed by atoms with Gasteiger partial charge in [0.05, 0.1) is 0 Å². The van der Waals surface area contributed by atoms with Crippen molar-refractivity contribution in [1.29, 1.82) is 0 Å². The zero-order valence-corrected chi connectivity index (χ0v) is 12.0. The van der Waals surface area contributed by atoms with Crippen LogP contribution in [0.15, 0.2) is 12.3 Å². The fourth-order valence-corrected chi connectivity index (χ4v) is 3.33. The van der Waals surface area contributed by atoms with Crippen molar-refractivity contribution < 1.29 is 0 Å². The lowest BCUT2D eigenvalue weighted by molar-refractivity contribution is 0.160. The second kappa shape index (κ2) is 5.43. The van der Waals surface area contributed by atoms with Gasteiger partial charge in [0.2, 0.25) is 0 Å². The van der Waals surface area contributed by atoms with Gasteiger partial charge in [0, 0.05) is 24.4 Å². The van der Waals surface area contributed by atoms with Crippen molar-refractivity contribution in [2.45, 2.75) is 58.9 Å². The third-order valence-electron chi connectivity index (χ3n) is 4.40. The molecule has 1 fully saturated rings. The highest BCUT2D eigenvalue weighted by molar-refractivity contribution is 5.12. The van der Waals surface area contributed by atoms with E-state index in [2.05, 4.69) is 36.6 Å². The zero-order chi connectivity index (χ0) is 13.2. The van der Waals surface area contributed by atoms with Crippen molar-refractivity contribution in [3.8, 4) is 0 Å². The number of aromatic nitrogens is 2. The molecule has 1 heterocycles. The molecule has 18 heavy (non-hydrogen) atoms. The van der Waals surface area contributed by atoms with Crippen molar-refractivity contribution in [2.24, 2.45) is 17.1 Å². The van der Waals surface area contributed by atoms with Gasteiger partial charge in [-0.25, -0.2) is 0 Å². The van der Waals surface area contributed by atoms with E-state index in [1.165, 1.54) is 25.0 Å². The Hall–Kier alpha value is -0.830. The summed E-state index contributed by atoms with van der Waals surface area (Å²) in [6.45, 7) is 8.80. The van der Waals surface area contributed by atoms with Gasteiger partial charge in [0.15, 0.2) is 0 Å². The summed E-state index contributed by atoms with van der Waals surface area (Å²) in [5.41, 5.74) is 7.83. The van der Waals surface area contributed by atoms with Crippen LogP contribution in [0.3, 0.4) is 0 Å². The first-order valence-corrected chi connectivity index (χ1v) is 7.29. The highest BCUT2D eigenvalue weighted by Crippen LogP contribution is 2.46. The number of aryl methyl sites for hydroxylation is 1. The summed E-state index contributed by atoms with van der Waals surface area (Å²) in [5, 5.41) is 4.47. The molecule has 1 aliphatic carbocycles. The molecule has 0 aromatic carbocycles. The predicted molar refractivity (Wildman–Crippen MR) is 75.4 cm³/mol. The molecular weight excluding hydrogens is 222 g/mol. The Morgan fingerprint density at radius 2 is 2.28 bits per heavy atom. The molecule has 2 unspecified atom stereocenters. The van der Waals surface area contributed by atoms with Crippen LogP contribution in [-0.2, 0) is 6.54 Å². The van der Waals surface area contributed by atoms with E-state index in [9.17, 15) is 0 Å². The first-order valence-electron chi connectivity index (χ1n) is 7.29. The van der Waals surface area contributed by atoms with Crippen LogP contribution in [0, 0.1) is 11.3 Å². The molecule has 1 aromatic rings. The first kappa shape index (κ1) is 13.6. The average molecular weight is 249 g/mol. The van der Waals surface area contributed by atoms with Crippen LogP contribution in [0.5, 0.6) is 0 Å². The van der Waals surface area contributed by atoms with Gasteiger partial charge >= 0.3 is 0 Å². The molecule has 0 amide bonds. The van der Waals surface area contributed by atoms with Crippen LogP contribution in [0.2, 0.25) is 0 Å². The van der Waals surface area contributed by atoms with Crippen molar-refractivity contribution in [3.05, 3.63) is 18.0 Å². The molecule has 2 rings (SSSR count). The topological polar surface area (TPSA) is 43.8 Å². The summed E-state index contributed by atoms with van der Waals surface area (Å²) in [6, 6.07) is 2.20. The number of rotatable bonds is 4. The largest absolute Gasteiger partial charge is 0.330 e. The number of nitrogens with zero attached hydrogens (tertiary/aromatic N) is 2. The molecule has 3 nitrogen and oxygen atoms in total. The Balaban J connectivity index is 2.24. The van der Waals surface area contributed by atoms with E-state index >= 15 is 0 Å². The molecule has 0 spiro atoms. The number of hydrogen-bond donors (Lipinski definition) is 1. The second-order valence-electron chi connectivity index (χ2n) is 6.49. The normalized spacial score (nSPS) is 27.3. The van der Waals surface area contributed by atoms with E-state index in [1.54, 1.807) is 0 Å². The fraction of sp³-hybridized carbons (Fsp3) is 0.800. The van der Waals surface area contributed by atoms with Crippen LogP contribution in [0.25, 0.3) is 0 Å². The smallest absolute Gasteiger partial charge is 0.0492 e. The van der Waals surface area contributed by atoms with Gasteiger partial charge in [0.1, 0.15) is 0 Å². The van der Waals surface area contributed by atoms with Gasteiger partial charge in [0.25, 0.3) is 0 Å².